The summed E-state index contributed by atoms with van der Waals surface area (Å²) >= 11 is 0. The minimum Gasteiger partial charge on any atom is -0.497 e. The van der Waals surface area contributed by atoms with Gasteiger partial charge in [-0.1, -0.05) is 19.9 Å². The zero-order valence-electron chi connectivity index (χ0n) is 15.6. The van der Waals surface area contributed by atoms with Gasteiger partial charge >= 0.3 is 0 Å². The summed E-state index contributed by atoms with van der Waals surface area (Å²) in [5.74, 6) is 1.94. The first-order chi connectivity index (χ1) is 12.0. The van der Waals surface area contributed by atoms with Crippen molar-refractivity contribution >= 4 is 5.91 Å². The fourth-order valence-electron chi connectivity index (χ4n) is 4.64. The van der Waals surface area contributed by atoms with Gasteiger partial charge in [0.2, 0.25) is 5.91 Å². The number of amides is 1. The van der Waals surface area contributed by atoms with Crippen LogP contribution in [0.15, 0.2) is 18.2 Å². The van der Waals surface area contributed by atoms with Crippen LogP contribution in [0.2, 0.25) is 0 Å². The summed E-state index contributed by atoms with van der Waals surface area (Å²) in [5, 5.41) is 0. The molecule has 25 heavy (non-hydrogen) atoms. The van der Waals surface area contributed by atoms with Crippen LogP contribution in [0.3, 0.4) is 0 Å². The number of methoxy groups -OCH3 is 1. The standard InChI is InChI=1S/C21H29NO3/c1-21(2,15-5-6-15)13-19(23)22-10-11-25-20-17-8-7-16(24-3)12-14(17)4-9-18(20)22/h7-8,12,15,18,20H,4-6,9-11,13H2,1-3H3. The zero-order valence-corrected chi connectivity index (χ0v) is 15.6. The van der Waals surface area contributed by atoms with Crippen molar-refractivity contribution in [3.8, 4) is 5.75 Å². The van der Waals surface area contributed by atoms with Gasteiger partial charge in [0.05, 0.1) is 19.8 Å². The molecule has 0 spiro atoms. The Morgan fingerprint density at radius 3 is 2.84 bits per heavy atom. The van der Waals surface area contributed by atoms with Gasteiger partial charge < -0.3 is 14.4 Å². The van der Waals surface area contributed by atoms with Gasteiger partial charge in [0.25, 0.3) is 0 Å². The summed E-state index contributed by atoms with van der Waals surface area (Å²) in [7, 11) is 1.70. The fraction of sp³-hybridized carbons (Fsp3) is 0.667. The molecule has 2 aliphatic carbocycles. The minimum absolute atomic E-state index is 0.0105. The van der Waals surface area contributed by atoms with Gasteiger partial charge in [-0.05, 0) is 60.3 Å². The molecule has 2 fully saturated rings. The van der Waals surface area contributed by atoms with Crippen LogP contribution >= 0.6 is 0 Å². The van der Waals surface area contributed by atoms with E-state index in [4.69, 9.17) is 9.47 Å². The maximum absolute atomic E-state index is 13.1. The van der Waals surface area contributed by atoms with Crippen molar-refractivity contribution in [3.05, 3.63) is 29.3 Å². The van der Waals surface area contributed by atoms with Crippen molar-refractivity contribution in [1.82, 2.24) is 4.90 Å². The lowest BCUT2D eigenvalue weighted by Gasteiger charge is -2.45. The summed E-state index contributed by atoms with van der Waals surface area (Å²) in [6.07, 6.45) is 5.19. The number of hydrogen-bond acceptors (Lipinski definition) is 3. The number of morpholine rings is 1. The Labute approximate surface area is 150 Å². The van der Waals surface area contributed by atoms with Gasteiger partial charge in [0, 0.05) is 13.0 Å². The number of nitrogens with zero attached hydrogens (tertiary/aromatic N) is 1. The number of rotatable bonds is 4. The fourth-order valence-corrected chi connectivity index (χ4v) is 4.64. The molecule has 136 valence electrons. The maximum Gasteiger partial charge on any atom is 0.223 e. The van der Waals surface area contributed by atoms with E-state index in [1.54, 1.807) is 7.11 Å². The Morgan fingerprint density at radius 1 is 1.32 bits per heavy atom. The van der Waals surface area contributed by atoms with E-state index in [1.165, 1.54) is 24.0 Å². The highest BCUT2D eigenvalue weighted by Gasteiger charge is 2.43. The smallest absolute Gasteiger partial charge is 0.223 e. The normalized spacial score (nSPS) is 26.0. The highest BCUT2D eigenvalue weighted by molar-refractivity contribution is 5.77. The van der Waals surface area contributed by atoms with Crippen LogP contribution in [-0.2, 0) is 16.0 Å². The number of carbonyl (C=O) groups is 1. The van der Waals surface area contributed by atoms with Crippen LogP contribution in [0.25, 0.3) is 0 Å². The molecule has 0 aromatic heterocycles. The molecule has 1 amide bonds. The van der Waals surface area contributed by atoms with Gasteiger partial charge in [0.15, 0.2) is 0 Å². The van der Waals surface area contributed by atoms with Crippen molar-refractivity contribution in [1.29, 1.82) is 0 Å². The molecule has 1 aromatic carbocycles. The van der Waals surface area contributed by atoms with E-state index in [1.807, 2.05) is 6.07 Å². The summed E-state index contributed by atoms with van der Waals surface area (Å²) < 4.78 is 11.5. The zero-order chi connectivity index (χ0) is 17.6. The van der Waals surface area contributed by atoms with Crippen molar-refractivity contribution in [3.63, 3.8) is 0 Å². The second-order valence-electron chi connectivity index (χ2n) is 8.49. The van der Waals surface area contributed by atoms with E-state index in [2.05, 4.69) is 30.9 Å². The predicted octanol–water partition coefficient (Wildman–Crippen LogP) is 3.74. The quantitative estimate of drug-likeness (QED) is 0.836. The molecule has 2 unspecified atom stereocenters. The molecule has 4 heteroatoms. The SMILES string of the molecule is COc1ccc2c(c1)CCC1C2OCCN1C(=O)CC(C)(C)C1CC1. The lowest BCUT2D eigenvalue weighted by molar-refractivity contribution is -0.150. The second kappa shape index (κ2) is 6.31. The Kier molecular flexibility index (Phi) is 4.27. The summed E-state index contributed by atoms with van der Waals surface area (Å²) in [5.41, 5.74) is 2.66. The topological polar surface area (TPSA) is 38.8 Å². The average Bonchev–Trinajstić information content (AvgIpc) is 3.45. The first kappa shape index (κ1) is 16.9. The van der Waals surface area contributed by atoms with Crippen molar-refractivity contribution in [2.45, 2.75) is 58.1 Å². The summed E-state index contributed by atoms with van der Waals surface area (Å²) in [6, 6.07) is 6.41. The lowest BCUT2D eigenvalue weighted by Crippen LogP contribution is -2.52. The van der Waals surface area contributed by atoms with Crippen LogP contribution in [0, 0.1) is 11.3 Å². The lowest BCUT2D eigenvalue weighted by atomic mass is 9.81. The van der Waals surface area contributed by atoms with Crippen LogP contribution in [-0.4, -0.2) is 37.1 Å². The molecule has 4 rings (SSSR count). The van der Waals surface area contributed by atoms with Gasteiger partial charge in [0.1, 0.15) is 11.9 Å². The minimum atomic E-state index is 0.0105. The van der Waals surface area contributed by atoms with E-state index in [0.29, 0.717) is 18.9 Å². The van der Waals surface area contributed by atoms with Crippen LogP contribution in [0.1, 0.15) is 56.8 Å². The molecular weight excluding hydrogens is 314 g/mol. The van der Waals surface area contributed by atoms with Crippen molar-refractivity contribution < 1.29 is 14.3 Å². The number of fused-ring (bicyclic) bond motifs is 3. The van der Waals surface area contributed by atoms with Crippen molar-refractivity contribution in [2.24, 2.45) is 11.3 Å². The van der Waals surface area contributed by atoms with Gasteiger partial charge in [-0.25, -0.2) is 0 Å². The van der Waals surface area contributed by atoms with Gasteiger partial charge in [-0.2, -0.15) is 0 Å². The third-order valence-electron chi connectivity index (χ3n) is 6.36. The van der Waals surface area contributed by atoms with E-state index in [-0.39, 0.29) is 17.6 Å². The predicted molar refractivity (Wildman–Crippen MR) is 96.6 cm³/mol. The molecule has 3 aliphatic rings. The number of hydrogen-bond donors (Lipinski definition) is 0. The third kappa shape index (κ3) is 3.17. The molecule has 2 atom stereocenters. The monoisotopic (exact) mass is 343 g/mol. The first-order valence-electron chi connectivity index (χ1n) is 9.57. The molecular formula is C21H29NO3. The van der Waals surface area contributed by atoms with E-state index >= 15 is 0 Å². The third-order valence-corrected chi connectivity index (χ3v) is 6.36. The average molecular weight is 343 g/mol. The molecule has 1 aromatic rings. The van der Waals surface area contributed by atoms with E-state index in [0.717, 1.165) is 31.1 Å². The van der Waals surface area contributed by atoms with Gasteiger partial charge in [-0.3, -0.25) is 4.79 Å². The van der Waals surface area contributed by atoms with Gasteiger partial charge in [-0.15, -0.1) is 0 Å². The van der Waals surface area contributed by atoms with Crippen LogP contribution < -0.4 is 4.74 Å². The molecule has 0 radical (unpaired) electrons. The molecule has 1 aliphatic heterocycles. The van der Waals surface area contributed by atoms with E-state index in [9.17, 15) is 4.79 Å². The number of carbonyl (C=O) groups excluding carboxylic acids is 1. The maximum atomic E-state index is 13.1. The Bertz CT molecular complexity index is 665. The summed E-state index contributed by atoms with van der Waals surface area (Å²) in [6.45, 7) is 5.86. The van der Waals surface area contributed by atoms with Crippen LogP contribution in [0.4, 0.5) is 0 Å². The molecule has 1 heterocycles. The van der Waals surface area contributed by atoms with Crippen LogP contribution in [0.5, 0.6) is 5.75 Å². The largest absolute Gasteiger partial charge is 0.497 e. The molecule has 0 N–H and O–H groups in total. The second-order valence-corrected chi connectivity index (χ2v) is 8.49. The highest BCUT2D eigenvalue weighted by Crippen LogP contribution is 2.48. The molecule has 4 nitrogen and oxygen atoms in total. The first-order valence-corrected chi connectivity index (χ1v) is 9.57. The Morgan fingerprint density at radius 2 is 2.12 bits per heavy atom. The highest BCUT2D eigenvalue weighted by atomic mass is 16.5. The molecule has 1 saturated heterocycles. The Balaban J connectivity index is 1.53. The van der Waals surface area contributed by atoms with E-state index < -0.39 is 0 Å². The summed E-state index contributed by atoms with van der Waals surface area (Å²) in [4.78, 5) is 15.2. The Hall–Kier alpha value is -1.55. The number of benzene rings is 1. The van der Waals surface area contributed by atoms with Crippen molar-refractivity contribution in [2.75, 3.05) is 20.3 Å². The molecule has 1 saturated carbocycles. The molecule has 0 bridgehead atoms. The number of ether oxygens (including phenoxy) is 2. The number of aryl methyl sites for hydroxylation is 1.